The molecule has 152 valence electrons. The quantitative estimate of drug-likeness (QED) is 0.596. The predicted octanol–water partition coefficient (Wildman–Crippen LogP) is 2.69. The molecule has 3 aromatic rings. The van der Waals surface area contributed by atoms with Gasteiger partial charge in [-0.2, -0.15) is 15.1 Å². The minimum atomic E-state index is -1.36. The summed E-state index contributed by atoms with van der Waals surface area (Å²) >= 11 is 6.24. The van der Waals surface area contributed by atoms with Gasteiger partial charge in [-0.1, -0.05) is 18.2 Å². The highest BCUT2D eigenvalue weighted by molar-refractivity contribution is 6.35. The molecule has 1 aliphatic rings. The third-order valence-corrected chi connectivity index (χ3v) is 4.91. The highest BCUT2D eigenvalue weighted by Crippen LogP contribution is 2.33. The van der Waals surface area contributed by atoms with Crippen LogP contribution < -0.4 is 10.1 Å². The number of aryl methyl sites for hydroxylation is 1. The monoisotopic (exact) mass is 419 g/mol. The summed E-state index contributed by atoms with van der Waals surface area (Å²) in [6, 6.07) is 0. The van der Waals surface area contributed by atoms with Gasteiger partial charge in [0.05, 0.1) is 35.4 Å². The number of anilines is 2. The Kier molecular flexibility index (Phi) is 5.10. The molecule has 3 aromatic heterocycles. The van der Waals surface area contributed by atoms with Crippen molar-refractivity contribution in [2.75, 3.05) is 18.4 Å². The van der Waals surface area contributed by atoms with Gasteiger partial charge in [0.2, 0.25) is 17.7 Å². The lowest BCUT2D eigenvalue weighted by Crippen LogP contribution is -2.30. The number of carbonyl (C=O) groups excluding carboxylic acids is 1. The number of nitrogens with zero attached hydrogens (tertiary/aromatic N) is 5. The molecule has 2 atom stereocenters. The summed E-state index contributed by atoms with van der Waals surface area (Å²) in [5.74, 6) is 0.0304. The van der Waals surface area contributed by atoms with Crippen LogP contribution in [-0.4, -0.2) is 60.9 Å². The maximum absolute atomic E-state index is 14.5. The number of H-pyrrole nitrogens is 1. The number of fused-ring (bicyclic) bond motifs is 1. The molecule has 11 heteroatoms. The molecule has 29 heavy (non-hydrogen) atoms. The first-order valence-corrected chi connectivity index (χ1v) is 9.42. The number of aromatic nitrogens is 5. The summed E-state index contributed by atoms with van der Waals surface area (Å²) in [6.45, 7) is 6.16. The zero-order valence-corrected chi connectivity index (χ0v) is 16.4. The first-order valence-electron chi connectivity index (χ1n) is 9.04. The van der Waals surface area contributed by atoms with Gasteiger partial charge in [0.25, 0.3) is 0 Å². The fraction of sp³-hybridized carbons (Fsp3) is 0.333. The summed E-state index contributed by atoms with van der Waals surface area (Å²) in [6.07, 6.45) is 3.93. The average Bonchev–Trinajstić information content (AvgIpc) is 3.41. The van der Waals surface area contributed by atoms with E-state index < -0.39 is 12.3 Å². The van der Waals surface area contributed by atoms with E-state index in [9.17, 15) is 9.18 Å². The minimum absolute atomic E-state index is 0.0636. The Morgan fingerprint density at radius 2 is 2.34 bits per heavy atom. The van der Waals surface area contributed by atoms with Crippen molar-refractivity contribution < 1.29 is 13.9 Å². The SMILES string of the molecule is C=CC(=O)N1C[C@@H](F)[C@H](Oc2nc(Nc3cnn(CC)c3)nc3[nH]cc(Cl)c23)C1. The Bertz CT molecular complexity index is 1070. The number of likely N-dealkylation sites (tertiary alicyclic amines) is 1. The number of hydrogen-bond acceptors (Lipinski definition) is 6. The van der Waals surface area contributed by atoms with Crippen LogP contribution in [0, 0.1) is 0 Å². The lowest BCUT2D eigenvalue weighted by Gasteiger charge is -2.16. The van der Waals surface area contributed by atoms with E-state index in [0.29, 0.717) is 21.7 Å². The van der Waals surface area contributed by atoms with Crippen LogP contribution in [0.2, 0.25) is 5.02 Å². The van der Waals surface area contributed by atoms with Gasteiger partial charge in [-0.15, -0.1) is 0 Å². The molecular formula is C18H19ClFN7O2. The summed E-state index contributed by atoms with van der Waals surface area (Å²) in [5.41, 5.74) is 1.14. The van der Waals surface area contributed by atoms with E-state index in [1.165, 1.54) is 4.90 Å². The first kappa shape index (κ1) is 19.2. The van der Waals surface area contributed by atoms with E-state index in [2.05, 4.69) is 31.9 Å². The largest absolute Gasteiger partial charge is 0.469 e. The normalized spacial score (nSPS) is 18.9. The van der Waals surface area contributed by atoms with Crippen molar-refractivity contribution in [1.29, 1.82) is 0 Å². The number of carbonyl (C=O) groups is 1. The number of amides is 1. The van der Waals surface area contributed by atoms with Crippen molar-refractivity contribution in [1.82, 2.24) is 29.6 Å². The molecule has 1 saturated heterocycles. The maximum atomic E-state index is 14.5. The van der Waals surface area contributed by atoms with Gasteiger partial charge < -0.3 is 19.9 Å². The standard InChI is InChI=1S/C18H19ClFN7O2/c1-3-14(28)26-8-12(20)13(9-26)29-17-15-11(19)6-21-16(15)24-18(25-17)23-10-5-22-27(4-2)7-10/h3,5-7,12-13H,1,4,8-9H2,2H3,(H2,21,23,24,25)/t12-,13-/m1/s1. The molecule has 0 unspecified atom stereocenters. The number of aromatic amines is 1. The van der Waals surface area contributed by atoms with E-state index in [1.54, 1.807) is 17.1 Å². The number of rotatable bonds is 6. The van der Waals surface area contributed by atoms with Gasteiger partial charge >= 0.3 is 0 Å². The number of ether oxygens (including phenoxy) is 1. The van der Waals surface area contributed by atoms with E-state index in [4.69, 9.17) is 16.3 Å². The van der Waals surface area contributed by atoms with Gasteiger partial charge in [-0.05, 0) is 13.0 Å². The third-order valence-electron chi connectivity index (χ3n) is 4.61. The van der Waals surface area contributed by atoms with Crippen molar-refractivity contribution in [3.05, 3.63) is 36.3 Å². The Morgan fingerprint density at radius 3 is 3.07 bits per heavy atom. The van der Waals surface area contributed by atoms with Crippen LogP contribution in [0.15, 0.2) is 31.2 Å². The molecule has 0 radical (unpaired) electrons. The Morgan fingerprint density at radius 1 is 1.52 bits per heavy atom. The van der Waals surface area contributed by atoms with Gasteiger partial charge in [0.1, 0.15) is 5.65 Å². The Hall–Kier alpha value is -3.14. The van der Waals surface area contributed by atoms with Crippen LogP contribution in [0.5, 0.6) is 5.88 Å². The number of hydrogen-bond donors (Lipinski definition) is 2. The molecule has 9 nitrogen and oxygen atoms in total. The minimum Gasteiger partial charge on any atom is -0.469 e. The molecule has 0 saturated carbocycles. The lowest BCUT2D eigenvalue weighted by atomic mass is 10.3. The van der Waals surface area contributed by atoms with E-state index in [1.807, 2.05) is 13.1 Å². The lowest BCUT2D eigenvalue weighted by molar-refractivity contribution is -0.125. The van der Waals surface area contributed by atoms with Crippen molar-refractivity contribution in [2.45, 2.75) is 25.7 Å². The molecule has 0 aromatic carbocycles. The summed E-state index contributed by atoms with van der Waals surface area (Å²) in [4.78, 5) is 24.8. The summed E-state index contributed by atoms with van der Waals surface area (Å²) < 4.78 is 22.1. The second-order valence-corrected chi connectivity index (χ2v) is 6.95. The highest BCUT2D eigenvalue weighted by atomic mass is 35.5. The summed E-state index contributed by atoms with van der Waals surface area (Å²) in [7, 11) is 0. The first-order chi connectivity index (χ1) is 14.0. The Labute approximate surface area is 170 Å². The zero-order chi connectivity index (χ0) is 20.5. The van der Waals surface area contributed by atoms with Crippen LogP contribution in [0.25, 0.3) is 11.0 Å². The second-order valence-electron chi connectivity index (χ2n) is 6.54. The molecule has 2 N–H and O–H groups in total. The average molecular weight is 420 g/mol. The molecule has 1 aliphatic heterocycles. The molecule has 4 rings (SSSR count). The van der Waals surface area contributed by atoms with Crippen LogP contribution in [0.3, 0.4) is 0 Å². The molecule has 1 amide bonds. The van der Waals surface area contributed by atoms with Crippen LogP contribution in [-0.2, 0) is 11.3 Å². The fourth-order valence-corrected chi connectivity index (χ4v) is 3.36. The molecule has 4 heterocycles. The van der Waals surface area contributed by atoms with E-state index in [0.717, 1.165) is 12.6 Å². The molecule has 0 spiro atoms. The maximum Gasteiger partial charge on any atom is 0.246 e. The molecule has 1 fully saturated rings. The number of nitrogens with one attached hydrogen (secondary N) is 2. The molecule has 0 bridgehead atoms. The predicted molar refractivity (Wildman–Crippen MR) is 106 cm³/mol. The molecule has 0 aliphatic carbocycles. The van der Waals surface area contributed by atoms with Gasteiger partial charge in [-0.3, -0.25) is 9.48 Å². The van der Waals surface area contributed by atoms with Crippen molar-refractivity contribution >= 4 is 40.2 Å². The van der Waals surface area contributed by atoms with Crippen molar-refractivity contribution in [3.8, 4) is 5.88 Å². The van der Waals surface area contributed by atoms with Crippen LogP contribution in [0.1, 0.15) is 6.92 Å². The number of alkyl halides is 1. The highest BCUT2D eigenvalue weighted by Gasteiger charge is 2.37. The third kappa shape index (κ3) is 3.75. The Balaban J connectivity index is 1.63. The molecular weight excluding hydrogens is 401 g/mol. The van der Waals surface area contributed by atoms with Gasteiger partial charge in [-0.25, -0.2) is 4.39 Å². The van der Waals surface area contributed by atoms with Crippen LogP contribution >= 0.6 is 11.6 Å². The van der Waals surface area contributed by atoms with E-state index in [-0.39, 0.29) is 30.8 Å². The van der Waals surface area contributed by atoms with E-state index >= 15 is 0 Å². The zero-order valence-electron chi connectivity index (χ0n) is 15.6. The van der Waals surface area contributed by atoms with Crippen molar-refractivity contribution in [2.24, 2.45) is 0 Å². The number of halogens is 2. The second kappa shape index (κ2) is 7.70. The van der Waals surface area contributed by atoms with Gasteiger partial charge in [0.15, 0.2) is 12.3 Å². The van der Waals surface area contributed by atoms with Crippen molar-refractivity contribution in [3.63, 3.8) is 0 Å². The van der Waals surface area contributed by atoms with Crippen LogP contribution in [0.4, 0.5) is 16.0 Å². The fourth-order valence-electron chi connectivity index (χ4n) is 3.13. The van der Waals surface area contributed by atoms with Gasteiger partial charge in [0, 0.05) is 18.9 Å². The smallest absolute Gasteiger partial charge is 0.246 e. The topological polar surface area (TPSA) is 101 Å². The summed E-state index contributed by atoms with van der Waals surface area (Å²) in [5, 5.41) is 8.04.